The summed E-state index contributed by atoms with van der Waals surface area (Å²) in [6, 6.07) is 5.31. The van der Waals surface area contributed by atoms with Gasteiger partial charge >= 0.3 is 0 Å². The van der Waals surface area contributed by atoms with Gasteiger partial charge in [-0.15, -0.1) is 0 Å². The fourth-order valence-corrected chi connectivity index (χ4v) is 3.07. The van der Waals surface area contributed by atoms with Gasteiger partial charge in [0.05, 0.1) is 7.11 Å². The van der Waals surface area contributed by atoms with Crippen LogP contribution in [0, 0.1) is 5.82 Å². The van der Waals surface area contributed by atoms with Crippen LogP contribution < -0.4 is 10.1 Å². The summed E-state index contributed by atoms with van der Waals surface area (Å²) in [6.45, 7) is 3.20. The quantitative estimate of drug-likeness (QED) is 0.873. The maximum Gasteiger partial charge on any atom is 0.123 e. The number of hydrogen-bond acceptors (Lipinski definition) is 2. The summed E-state index contributed by atoms with van der Waals surface area (Å²) in [6.07, 6.45) is 5.89. The van der Waals surface area contributed by atoms with Crippen molar-refractivity contribution in [2.45, 2.75) is 51.0 Å². The van der Waals surface area contributed by atoms with Gasteiger partial charge in [0, 0.05) is 17.5 Å². The van der Waals surface area contributed by atoms with Crippen molar-refractivity contribution >= 4 is 0 Å². The highest BCUT2D eigenvalue weighted by atomic mass is 19.1. The van der Waals surface area contributed by atoms with Gasteiger partial charge in [-0.05, 0) is 44.0 Å². The van der Waals surface area contributed by atoms with Crippen molar-refractivity contribution in [3.63, 3.8) is 0 Å². The monoisotopic (exact) mass is 265 g/mol. The third-order valence-corrected chi connectivity index (χ3v) is 4.01. The lowest BCUT2D eigenvalue weighted by Gasteiger charge is -2.33. The summed E-state index contributed by atoms with van der Waals surface area (Å²) in [4.78, 5) is 0. The smallest absolute Gasteiger partial charge is 0.123 e. The normalized spacial score (nSPS) is 23.3. The lowest BCUT2D eigenvalue weighted by molar-refractivity contribution is 0.316. The van der Waals surface area contributed by atoms with Gasteiger partial charge in [0.25, 0.3) is 0 Å². The van der Waals surface area contributed by atoms with Gasteiger partial charge in [0.1, 0.15) is 11.6 Å². The first kappa shape index (κ1) is 14.3. The fraction of sp³-hybridized carbons (Fsp3) is 0.625. The van der Waals surface area contributed by atoms with Gasteiger partial charge in [-0.2, -0.15) is 0 Å². The van der Waals surface area contributed by atoms with Gasteiger partial charge in [-0.1, -0.05) is 19.8 Å². The van der Waals surface area contributed by atoms with Crippen molar-refractivity contribution in [3.05, 3.63) is 29.6 Å². The van der Waals surface area contributed by atoms with Crippen molar-refractivity contribution in [3.8, 4) is 5.75 Å². The van der Waals surface area contributed by atoms with Crippen LogP contribution in [0.1, 0.15) is 50.5 Å². The van der Waals surface area contributed by atoms with E-state index >= 15 is 0 Å². The number of nitrogens with one attached hydrogen (secondary N) is 1. The van der Waals surface area contributed by atoms with Crippen molar-refractivity contribution in [1.82, 2.24) is 5.32 Å². The average molecular weight is 265 g/mol. The maximum atomic E-state index is 13.5. The summed E-state index contributed by atoms with van der Waals surface area (Å²) in [5, 5.41) is 3.61. The molecule has 0 heterocycles. The van der Waals surface area contributed by atoms with E-state index in [1.54, 1.807) is 19.2 Å². The zero-order valence-electron chi connectivity index (χ0n) is 11.9. The molecule has 0 aliphatic heterocycles. The highest BCUT2D eigenvalue weighted by molar-refractivity contribution is 5.38. The lowest BCUT2D eigenvalue weighted by atomic mass is 9.79. The van der Waals surface area contributed by atoms with Crippen LogP contribution >= 0.6 is 0 Å². The van der Waals surface area contributed by atoms with Crippen molar-refractivity contribution in [1.29, 1.82) is 0 Å². The molecule has 2 atom stereocenters. The van der Waals surface area contributed by atoms with Crippen LogP contribution in [-0.4, -0.2) is 19.7 Å². The predicted molar refractivity (Wildman–Crippen MR) is 76.2 cm³/mol. The Balaban J connectivity index is 2.23. The molecule has 0 radical (unpaired) electrons. The van der Waals surface area contributed by atoms with Crippen LogP contribution in [0.4, 0.5) is 4.39 Å². The van der Waals surface area contributed by atoms with Gasteiger partial charge in [-0.25, -0.2) is 4.39 Å². The largest absolute Gasteiger partial charge is 0.496 e. The van der Waals surface area contributed by atoms with E-state index < -0.39 is 0 Å². The van der Waals surface area contributed by atoms with Gasteiger partial charge < -0.3 is 10.1 Å². The van der Waals surface area contributed by atoms with E-state index in [4.69, 9.17) is 4.74 Å². The summed E-state index contributed by atoms with van der Waals surface area (Å²) in [5.41, 5.74) is 1.02. The molecule has 1 saturated carbocycles. The second-order valence-corrected chi connectivity index (χ2v) is 5.34. The Bertz CT molecular complexity index is 408. The second-order valence-electron chi connectivity index (χ2n) is 5.34. The van der Waals surface area contributed by atoms with E-state index in [1.807, 2.05) is 0 Å². The maximum absolute atomic E-state index is 13.5. The number of halogens is 1. The first-order chi connectivity index (χ1) is 9.26. The third-order valence-electron chi connectivity index (χ3n) is 4.01. The Kier molecular flexibility index (Phi) is 5.20. The Morgan fingerprint density at radius 2 is 2.11 bits per heavy atom. The van der Waals surface area contributed by atoms with E-state index in [9.17, 15) is 4.39 Å². The van der Waals surface area contributed by atoms with E-state index in [0.717, 1.165) is 30.7 Å². The molecule has 1 aromatic rings. The molecule has 0 bridgehead atoms. The lowest BCUT2D eigenvalue weighted by Crippen LogP contribution is -2.37. The average Bonchev–Trinajstić information content (AvgIpc) is 2.45. The molecule has 3 heteroatoms. The number of ether oxygens (including phenoxy) is 1. The molecule has 1 N–H and O–H groups in total. The van der Waals surface area contributed by atoms with Gasteiger partial charge in [0.15, 0.2) is 0 Å². The first-order valence-electron chi connectivity index (χ1n) is 7.33. The van der Waals surface area contributed by atoms with Crippen molar-refractivity contribution in [2.24, 2.45) is 0 Å². The standard InChI is InChI=1S/C16H24FNO/c1-3-10-18-15-7-5-4-6-13(15)14-11-12(17)8-9-16(14)19-2/h8-9,11,13,15,18H,3-7,10H2,1-2H3. The zero-order chi connectivity index (χ0) is 13.7. The highest BCUT2D eigenvalue weighted by Gasteiger charge is 2.28. The molecule has 2 nitrogen and oxygen atoms in total. The Labute approximate surface area is 115 Å². The van der Waals surface area contributed by atoms with Gasteiger partial charge in [-0.3, -0.25) is 0 Å². The molecular formula is C16H24FNO. The van der Waals surface area contributed by atoms with E-state index in [0.29, 0.717) is 12.0 Å². The van der Waals surface area contributed by atoms with E-state index in [-0.39, 0.29) is 5.82 Å². The number of hydrogen-bond donors (Lipinski definition) is 1. The minimum absolute atomic E-state index is 0.171. The third kappa shape index (κ3) is 3.47. The van der Waals surface area contributed by atoms with Crippen LogP contribution in [0.2, 0.25) is 0 Å². The summed E-state index contributed by atoms with van der Waals surface area (Å²) in [5.74, 6) is 1.01. The molecule has 106 valence electrons. The molecule has 1 aliphatic carbocycles. The van der Waals surface area contributed by atoms with Crippen LogP contribution in [0.5, 0.6) is 5.75 Å². The van der Waals surface area contributed by atoms with Crippen molar-refractivity contribution < 1.29 is 9.13 Å². The molecule has 2 unspecified atom stereocenters. The molecule has 1 fully saturated rings. The number of rotatable bonds is 5. The molecule has 0 spiro atoms. The predicted octanol–water partition coefficient (Wildman–Crippen LogP) is 3.86. The Hall–Kier alpha value is -1.09. The molecule has 1 aliphatic rings. The summed E-state index contributed by atoms with van der Waals surface area (Å²) < 4.78 is 19.0. The molecule has 1 aromatic carbocycles. The zero-order valence-corrected chi connectivity index (χ0v) is 11.9. The fourth-order valence-electron chi connectivity index (χ4n) is 3.07. The van der Waals surface area contributed by atoms with Gasteiger partial charge in [0.2, 0.25) is 0 Å². The van der Waals surface area contributed by atoms with Crippen molar-refractivity contribution in [2.75, 3.05) is 13.7 Å². The summed E-state index contributed by atoms with van der Waals surface area (Å²) >= 11 is 0. The number of methoxy groups -OCH3 is 1. The van der Waals surface area contributed by atoms with Crippen LogP contribution in [0.15, 0.2) is 18.2 Å². The summed E-state index contributed by atoms with van der Waals surface area (Å²) in [7, 11) is 1.66. The Morgan fingerprint density at radius 1 is 1.32 bits per heavy atom. The minimum Gasteiger partial charge on any atom is -0.496 e. The van der Waals surface area contributed by atoms with Crippen LogP contribution in [0.25, 0.3) is 0 Å². The highest BCUT2D eigenvalue weighted by Crippen LogP contribution is 2.38. The van der Waals surface area contributed by atoms with Crippen LogP contribution in [0.3, 0.4) is 0 Å². The molecule has 2 rings (SSSR count). The molecule has 0 aromatic heterocycles. The molecule has 0 saturated heterocycles. The molecule has 19 heavy (non-hydrogen) atoms. The molecule has 0 amide bonds. The Morgan fingerprint density at radius 3 is 2.84 bits per heavy atom. The van der Waals surface area contributed by atoms with E-state index in [1.165, 1.54) is 25.3 Å². The molecular weight excluding hydrogens is 241 g/mol. The van der Waals surface area contributed by atoms with Crippen LogP contribution in [-0.2, 0) is 0 Å². The number of benzene rings is 1. The second kappa shape index (κ2) is 6.90. The minimum atomic E-state index is -0.171. The topological polar surface area (TPSA) is 21.3 Å². The first-order valence-corrected chi connectivity index (χ1v) is 7.33. The SMILES string of the molecule is CCCNC1CCCCC1c1cc(F)ccc1OC. The van der Waals surface area contributed by atoms with E-state index in [2.05, 4.69) is 12.2 Å².